The molecule has 2 atom stereocenters. The lowest BCUT2D eigenvalue weighted by molar-refractivity contribution is -0.198. The third-order valence-corrected chi connectivity index (χ3v) is 9.19. The molecule has 15 heteroatoms. The number of aryl methyl sites for hydroxylation is 1. The standard InChI is InChI=1S/C33H35ClF3N7O4/c1-3-47-26-7-5-20(14-23(26)34)21-4-6-22(25(15-21)44-11-8-19(2)42-44)29(33(35,36)37)48-28-16-27(40-31(38)41-28)43-12-9-32(10-13-43)17-24(30(45)46)39-18-32/h4-8,11,14-16,24,29,39H,3,9-10,12-13,17-18H2,1-2H3,(H,45,46)(H2,38,40,41). The maximum atomic E-state index is 14.9. The zero-order chi connectivity index (χ0) is 34.2. The first kappa shape index (κ1) is 33.3. The number of halogens is 4. The molecule has 2 aliphatic rings. The molecule has 254 valence electrons. The number of nitrogens with zero attached hydrogens (tertiary/aromatic N) is 5. The summed E-state index contributed by atoms with van der Waals surface area (Å²) >= 11 is 6.42. The Bertz CT molecular complexity index is 1810. The fourth-order valence-corrected chi connectivity index (χ4v) is 6.64. The molecular weight excluding hydrogens is 651 g/mol. The minimum absolute atomic E-state index is 0.154. The molecule has 48 heavy (non-hydrogen) atoms. The van der Waals surface area contributed by atoms with E-state index in [1.165, 1.54) is 16.8 Å². The Morgan fingerprint density at radius 2 is 1.88 bits per heavy atom. The molecule has 0 saturated carbocycles. The van der Waals surface area contributed by atoms with E-state index in [-0.39, 0.29) is 28.5 Å². The number of aliphatic carboxylic acids is 1. The van der Waals surface area contributed by atoms with Crippen LogP contribution in [0.25, 0.3) is 16.8 Å². The highest BCUT2D eigenvalue weighted by atomic mass is 35.5. The number of hydrogen-bond acceptors (Lipinski definition) is 9. The van der Waals surface area contributed by atoms with E-state index in [9.17, 15) is 23.1 Å². The fraction of sp³-hybridized carbons (Fsp3) is 0.394. The maximum Gasteiger partial charge on any atom is 0.429 e. The van der Waals surface area contributed by atoms with E-state index in [1.807, 2.05) is 11.8 Å². The summed E-state index contributed by atoms with van der Waals surface area (Å²) in [4.78, 5) is 21.7. The Morgan fingerprint density at radius 1 is 1.15 bits per heavy atom. The lowest BCUT2D eigenvalue weighted by Gasteiger charge is -2.39. The highest BCUT2D eigenvalue weighted by Crippen LogP contribution is 2.43. The van der Waals surface area contributed by atoms with Gasteiger partial charge in [-0.25, -0.2) is 4.68 Å². The van der Waals surface area contributed by atoms with Gasteiger partial charge in [0.25, 0.3) is 0 Å². The second-order valence-corrected chi connectivity index (χ2v) is 12.6. The van der Waals surface area contributed by atoms with Crippen LogP contribution in [0, 0.1) is 12.3 Å². The summed E-state index contributed by atoms with van der Waals surface area (Å²) in [5.41, 5.74) is 7.69. The molecule has 4 aromatic rings. The number of hydrogen-bond donors (Lipinski definition) is 3. The Balaban J connectivity index is 1.31. The first-order valence-electron chi connectivity index (χ1n) is 15.5. The number of rotatable bonds is 9. The Morgan fingerprint density at radius 3 is 2.50 bits per heavy atom. The van der Waals surface area contributed by atoms with E-state index in [0.29, 0.717) is 78.9 Å². The van der Waals surface area contributed by atoms with Crippen LogP contribution < -0.4 is 25.4 Å². The van der Waals surface area contributed by atoms with E-state index in [0.717, 1.165) is 0 Å². The SMILES string of the molecule is CCOc1ccc(-c2ccc(C(Oc3cc(N4CCC5(CC4)CNC(C(=O)O)C5)nc(N)n3)C(F)(F)F)c(-n3ccc(C)n3)c2)cc1Cl. The van der Waals surface area contributed by atoms with Crippen LogP contribution in [0.4, 0.5) is 24.9 Å². The van der Waals surface area contributed by atoms with Crippen molar-refractivity contribution >= 4 is 29.3 Å². The zero-order valence-corrected chi connectivity index (χ0v) is 27.1. The van der Waals surface area contributed by atoms with Gasteiger partial charge < -0.3 is 30.5 Å². The molecule has 2 fully saturated rings. The molecule has 4 N–H and O–H groups in total. The normalized spacial score (nSPS) is 18.2. The van der Waals surface area contributed by atoms with Gasteiger partial charge in [-0.15, -0.1) is 0 Å². The van der Waals surface area contributed by atoms with Gasteiger partial charge in [0.05, 0.1) is 23.0 Å². The molecule has 0 radical (unpaired) electrons. The molecule has 0 bridgehead atoms. The summed E-state index contributed by atoms with van der Waals surface area (Å²) in [7, 11) is 0. The average Bonchev–Trinajstić information content (AvgIpc) is 3.67. The van der Waals surface area contributed by atoms with Crippen molar-refractivity contribution in [1.29, 1.82) is 0 Å². The van der Waals surface area contributed by atoms with Crippen LogP contribution in [0.2, 0.25) is 5.02 Å². The molecule has 1 spiro atoms. The number of piperidine rings is 1. The third kappa shape index (κ3) is 6.99. The van der Waals surface area contributed by atoms with Crippen molar-refractivity contribution in [3.8, 4) is 28.4 Å². The fourth-order valence-electron chi connectivity index (χ4n) is 6.41. The van der Waals surface area contributed by atoms with Gasteiger partial charge in [0, 0.05) is 37.5 Å². The highest BCUT2D eigenvalue weighted by Gasteiger charge is 2.46. The second kappa shape index (κ2) is 13.2. The zero-order valence-electron chi connectivity index (χ0n) is 26.3. The first-order chi connectivity index (χ1) is 22.8. The molecule has 2 unspecified atom stereocenters. The van der Waals surface area contributed by atoms with Crippen LogP contribution in [0.1, 0.15) is 43.5 Å². The summed E-state index contributed by atoms with van der Waals surface area (Å²) in [6.45, 7) is 5.64. The predicted octanol–water partition coefficient (Wildman–Crippen LogP) is 5.99. The number of carboxylic acids is 1. The van der Waals surface area contributed by atoms with Crippen molar-refractivity contribution in [1.82, 2.24) is 25.1 Å². The number of carbonyl (C=O) groups is 1. The number of nitrogens with one attached hydrogen (secondary N) is 1. The number of benzene rings is 2. The number of alkyl halides is 3. The molecule has 2 aliphatic heterocycles. The first-order valence-corrected chi connectivity index (χ1v) is 15.9. The highest BCUT2D eigenvalue weighted by molar-refractivity contribution is 6.32. The molecule has 2 aromatic heterocycles. The summed E-state index contributed by atoms with van der Waals surface area (Å²) < 4.78 is 57.2. The minimum Gasteiger partial charge on any atom is -0.492 e. The third-order valence-electron chi connectivity index (χ3n) is 8.90. The largest absolute Gasteiger partial charge is 0.492 e. The number of nitrogen functional groups attached to an aromatic ring is 1. The van der Waals surface area contributed by atoms with Crippen LogP contribution in [-0.2, 0) is 4.79 Å². The molecule has 0 aliphatic carbocycles. The van der Waals surface area contributed by atoms with Crippen LogP contribution in [0.15, 0.2) is 54.7 Å². The van der Waals surface area contributed by atoms with Gasteiger partial charge in [0.2, 0.25) is 17.9 Å². The van der Waals surface area contributed by atoms with Gasteiger partial charge in [-0.2, -0.15) is 28.2 Å². The summed E-state index contributed by atoms with van der Waals surface area (Å²) in [5.74, 6) is -0.607. The molecule has 2 aromatic carbocycles. The lowest BCUT2D eigenvalue weighted by Crippen LogP contribution is -2.41. The summed E-state index contributed by atoms with van der Waals surface area (Å²) in [6, 6.07) is 12.2. The van der Waals surface area contributed by atoms with Crippen molar-refractivity contribution in [2.45, 2.75) is 51.4 Å². The molecule has 6 rings (SSSR count). The van der Waals surface area contributed by atoms with Crippen LogP contribution in [0.3, 0.4) is 0 Å². The van der Waals surface area contributed by atoms with E-state index in [4.69, 9.17) is 26.8 Å². The van der Waals surface area contributed by atoms with Crippen molar-refractivity contribution in [3.05, 3.63) is 71.0 Å². The van der Waals surface area contributed by atoms with Crippen molar-refractivity contribution < 1.29 is 32.5 Å². The van der Waals surface area contributed by atoms with E-state index in [1.54, 1.807) is 49.5 Å². The van der Waals surface area contributed by atoms with Crippen LogP contribution >= 0.6 is 11.6 Å². The van der Waals surface area contributed by atoms with Crippen LogP contribution in [-0.4, -0.2) is 69.3 Å². The van der Waals surface area contributed by atoms with E-state index < -0.39 is 24.3 Å². The Labute approximate surface area is 279 Å². The van der Waals surface area contributed by atoms with Crippen LogP contribution in [0.5, 0.6) is 11.6 Å². The van der Waals surface area contributed by atoms with E-state index in [2.05, 4.69) is 20.4 Å². The quantitative estimate of drug-likeness (QED) is 0.193. The molecule has 4 heterocycles. The second-order valence-electron chi connectivity index (χ2n) is 12.2. The smallest absolute Gasteiger partial charge is 0.429 e. The van der Waals surface area contributed by atoms with Crippen molar-refractivity contribution in [3.63, 3.8) is 0 Å². The van der Waals surface area contributed by atoms with Gasteiger partial charge in [-0.05, 0) is 73.9 Å². The van der Waals surface area contributed by atoms with Gasteiger partial charge in [-0.1, -0.05) is 29.8 Å². The summed E-state index contributed by atoms with van der Waals surface area (Å²) in [6.07, 6.45) is -3.81. The van der Waals surface area contributed by atoms with E-state index >= 15 is 0 Å². The van der Waals surface area contributed by atoms with Crippen molar-refractivity contribution in [2.24, 2.45) is 5.41 Å². The van der Waals surface area contributed by atoms with Gasteiger partial charge in [0.15, 0.2) is 0 Å². The number of ether oxygens (including phenoxy) is 2. The Kier molecular flexibility index (Phi) is 9.14. The number of aromatic nitrogens is 4. The molecule has 2 saturated heterocycles. The van der Waals surface area contributed by atoms with Gasteiger partial charge >= 0.3 is 12.1 Å². The number of anilines is 2. The minimum atomic E-state index is -4.85. The molecule has 11 nitrogen and oxygen atoms in total. The van der Waals surface area contributed by atoms with Gasteiger partial charge in [-0.3, -0.25) is 4.79 Å². The molecular formula is C33H35ClF3N7O4. The van der Waals surface area contributed by atoms with Gasteiger partial charge in [0.1, 0.15) is 17.6 Å². The topological polar surface area (TPSA) is 141 Å². The maximum absolute atomic E-state index is 14.9. The monoisotopic (exact) mass is 685 g/mol. The molecule has 0 amide bonds. The number of nitrogens with two attached hydrogens (primary N) is 1. The summed E-state index contributed by atoms with van der Waals surface area (Å²) in [5, 5.41) is 17.2. The number of carboxylic acid groups (broad SMARTS) is 1. The average molecular weight is 686 g/mol. The Hall–Kier alpha value is -4.56. The van der Waals surface area contributed by atoms with Crippen molar-refractivity contribution in [2.75, 3.05) is 36.9 Å². The predicted molar refractivity (Wildman–Crippen MR) is 174 cm³/mol. The lowest BCUT2D eigenvalue weighted by atomic mass is 9.76.